The lowest BCUT2D eigenvalue weighted by Gasteiger charge is -2.20. The second kappa shape index (κ2) is 4.91. The second-order valence-corrected chi connectivity index (χ2v) is 4.13. The van der Waals surface area contributed by atoms with E-state index < -0.39 is 0 Å². The summed E-state index contributed by atoms with van der Waals surface area (Å²) in [6.45, 7) is -0.227. The minimum absolute atomic E-state index is 0.0370. The summed E-state index contributed by atoms with van der Waals surface area (Å²) in [5.41, 5.74) is 1.71. The first-order valence-corrected chi connectivity index (χ1v) is 5.51. The SMILES string of the molecule is OCC(CO)NC1CCc2c(F)cccc21. The number of fused-ring (bicyclic) bond motifs is 1. The Morgan fingerprint density at radius 3 is 2.81 bits per heavy atom. The van der Waals surface area contributed by atoms with Crippen molar-refractivity contribution in [3.63, 3.8) is 0 Å². The first-order valence-electron chi connectivity index (χ1n) is 5.51. The summed E-state index contributed by atoms with van der Waals surface area (Å²) in [4.78, 5) is 0. The molecule has 0 aliphatic heterocycles. The highest BCUT2D eigenvalue weighted by Crippen LogP contribution is 2.32. The monoisotopic (exact) mass is 225 g/mol. The van der Waals surface area contributed by atoms with Crippen molar-refractivity contribution in [2.45, 2.75) is 24.9 Å². The highest BCUT2D eigenvalue weighted by atomic mass is 19.1. The Labute approximate surface area is 93.9 Å². The number of aliphatic hydroxyl groups is 2. The Kier molecular flexibility index (Phi) is 3.53. The van der Waals surface area contributed by atoms with E-state index in [4.69, 9.17) is 10.2 Å². The lowest BCUT2D eigenvalue weighted by Crippen LogP contribution is -2.37. The minimum atomic E-state index is -0.334. The van der Waals surface area contributed by atoms with E-state index in [0.717, 1.165) is 17.5 Å². The van der Waals surface area contributed by atoms with Crippen LogP contribution in [0.15, 0.2) is 18.2 Å². The number of nitrogens with one attached hydrogen (secondary N) is 1. The van der Waals surface area contributed by atoms with Crippen molar-refractivity contribution in [3.8, 4) is 0 Å². The van der Waals surface area contributed by atoms with Crippen LogP contribution in [0.5, 0.6) is 0 Å². The quantitative estimate of drug-likeness (QED) is 0.709. The fourth-order valence-corrected chi connectivity index (χ4v) is 2.23. The predicted molar refractivity (Wildman–Crippen MR) is 58.6 cm³/mol. The van der Waals surface area contributed by atoms with Crippen molar-refractivity contribution >= 4 is 0 Å². The molecule has 1 aliphatic carbocycles. The zero-order chi connectivity index (χ0) is 11.5. The van der Waals surface area contributed by atoms with Gasteiger partial charge >= 0.3 is 0 Å². The van der Waals surface area contributed by atoms with E-state index in [-0.39, 0.29) is 31.1 Å². The maximum atomic E-state index is 13.4. The van der Waals surface area contributed by atoms with Gasteiger partial charge in [-0.15, -0.1) is 0 Å². The Morgan fingerprint density at radius 1 is 1.38 bits per heavy atom. The summed E-state index contributed by atoms with van der Waals surface area (Å²) < 4.78 is 13.4. The molecular formula is C12H16FNO2. The number of aliphatic hydroxyl groups excluding tert-OH is 2. The van der Waals surface area contributed by atoms with Crippen LogP contribution in [0.3, 0.4) is 0 Å². The van der Waals surface area contributed by atoms with Crippen LogP contribution in [0.1, 0.15) is 23.6 Å². The summed E-state index contributed by atoms with van der Waals surface area (Å²) in [5.74, 6) is -0.161. The predicted octanol–water partition coefficient (Wildman–Crippen LogP) is 0.756. The maximum Gasteiger partial charge on any atom is 0.126 e. The molecule has 0 spiro atoms. The van der Waals surface area contributed by atoms with Crippen LogP contribution < -0.4 is 5.32 Å². The highest BCUT2D eigenvalue weighted by Gasteiger charge is 2.26. The van der Waals surface area contributed by atoms with Gasteiger partial charge in [-0.05, 0) is 30.0 Å². The summed E-state index contributed by atoms with van der Waals surface area (Å²) >= 11 is 0. The molecule has 0 saturated heterocycles. The van der Waals surface area contributed by atoms with E-state index in [1.54, 1.807) is 6.07 Å². The normalized spacial score (nSPS) is 19.1. The van der Waals surface area contributed by atoms with Crippen LogP contribution in [-0.4, -0.2) is 29.5 Å². The molecule has 0 radical (unpaired) electrons. The third-order valence-corrected chi connectivity index (χ3v) is 3.09. The molecule has 0 fully saturated rings. The van der Waals surface area contributed by atoms with Crippen molar-refractivity contribution in [3.05, 3.63) is 35.1 Å². The average molecular weight is 225 g/mol. The molecule has 0 aromatic heterocycles. The first kappa shape index (κ1) is 11.5. The molecule has 0 saturated carbocycles. The van der Waals surface area contributed by atoms with Gasteiger partial charge in [0.25, 0.3) is 0 Å². The van der Waals surface area contributed by atoms with E-state index >= 15 is 0 Å². The molecule has 0 heterocycles. The smallest absolute Gasteiger partial charge is 0.126 e. The Bertz CT molecular complexity index is 366. The largest absolute Gasteiger partial charge is 0.395 e. The molecular weight excluding hydrogens is 209 g/mol. The van der Waals surface area contributed by atoms with Gasteiger partial charge in [0.05, 0.1) is 19.3 Å². The van der Waals surface area contributed by atoms with Gasteiger partial charge in [-0.1, -0.05) is 12.1 Å². The number of benzene rings is 1. The molecule has 2 rings (SSSR count). The molecule has 1 aliphatic rings. The van der Waals surface area contributed by atoms with Crippen LogP contribution >= 0.6 is 0 Å². The average Bonchev–Trinajstić information content (AvgIpc) is 2.71. The number of hydrogen-bond acceptors (Lipinski definition) is 3. The standard InChI is InChI=1S/C12H16FNO2/c13-11-3-1-2-10-9(11)4-5-12(10)14-8(6-15)7-16/h1-3,8,12,14-16H,4-7H2. The van der Waals surface area contributed by atoms with Crippen molar-refractivity contribution in [1.82, 2.24) is 5.32 Å². The summed E-state index contributed by atoms with van der Waals surface area (Å²) in [7, 11) is 0. The molecule has 1 aromatic carbocycles. The van der Waals surface area contributed by atoms with E-state index in [1.807, 2.05) is 6.07 Å². The van der Waals surface area contributed by atoms with Gasteiger partial charge in [-0.2, -0.15) is 0 Å². The van der Waals surface area contributed by atoms with Gasteiger partial charge in [0, 0.05) is 6.04 Å². The second-order valence-electron chi connectivity index (χ2n) is 4.13. The molecule has 88 valence electrons. The van der Waals surface area contributed by atoms with Crippen LogP contribution in [0.2, 0.25) is 0 Å². The van der Waals surface area contributed by atoms with Crippen molar-refractivity contribution in [1.29, 1.82) is 0 Å². The molecule has 1 unspecified atom stereocenters. The zero-order valence-corrected chi connectivity index (χ0v) is 8.99. The molecule has 1 atom stereocenters. The molecule has 16 heavy (non-hydrogen) atoms. The van der Waals surface area contributed by atoms with Gasteiger partial charge in [0.1, 0.15) is 5.82 Å². The third kappa shape index (κ3) is 2.09. The van der Waals surface area contributed by atoms with E-state index in [1.165, 1.54) is 6.07 Å². The lowest BCUT2D eigenvalue weighted by molar-refractivity contribution is 0.162. The van der Waals surface area contributed by atoms with Gasteiger partial charge in [0.2, 0.25) is 0 Å². The first-order chi connectivity index (χ1) is 7.76. The Balaban J connectivity index is 2.14. The molecule has 0 bridgehead atoms. The Morgan fingerprint density at radius 2 is 2.12 bits per heavy atom. The van der Waals surface area contributed by atoms with Gasteiger partial charge in [-0.25, -0.2) is 4.39 Å². The van der Waals surface area contributed by atoms with Crippen molar-refractivity contribution in [2.24, 2.45) is 0 Å². The van der Waals surface area contributed by atoms with E-state index in [2.05, 4.69) is 5.32 Å². The minimum Gasteiger partial charge on any atom is -0.395 e. The summed E-state index contributed by atoms with van der Waals surface area (Å²) in [6.07, 6.45) is 1.52. The van der Waals surface area contributed by atoms with Gasteiger partial charge in [0.15, 0.2) is 0 Å². The van der Waals surface area contributed by atoms with E-state index in [0.29, 0.717) is 6.42 Å². The maximum absolute atomic E-state index is 13.4. The summed E-state index contributed by atoms with van der Waals surface area (Å²) in [6, 6.07) is 4.77. The fourth-order valence-electron chi connectivity index (χ4n) is 2.23. The topological polar surface area (TPSA) is 52.5 Å². The number of hydrogen-bond donors (Lipinski definition) is 3. The van der Waals surface area contributed by atoms with Crippen LogP contribution in [0, 0.1) is 5.82 Å². The Hall–Kier alpha value is -0.970. The molecule has 3 nitrogen and oxygen atoms in total. The zero-order valence-electron chi connectivity index (χ0n) is 8.99. The fraction of sp³-hybridized carbons (Fsp3) is 0.500. The third-order valence-electron chi connectivity index (χ3n) is 3.09. The molecule has 4 heteroatoms. The highest BCUT2D eigenvalue weighted by molar-refractivity contribution is 5.35. The van der Waals surface area contributed by atoms with Crippen molar-refractivity contribution in [2.75, 3.05) is 13.2 Å². The van der Waals surface area contributed by atoms with Gasteiger partial charge < -0.3 is 15.5 Å². The summed E-state index contributed by atoms with van der Waals surface area (Å²) in [5, 5.41) is 21.1. The van der Waals surface area contributed by atoms with Gasteiger partial charge in [-0.3, -0.25) is 0 Å². The molecule has 1 aromatic rings. The van der Waals surface area contributed by atoms with Crippen LogP contribution in [0.25, 0.3) is 0 Å². The number of rotatable bonds is 4. The molecule has 3 N–H and O–H groups in total. The van der Waals surface area contributed by atoms with Crippen molar-refractivity contribution < 1.29 is 14.6 Å². The number of halogens is 1. The van der Waals surface area contributed by atoms with Crippen LogP contribution in [0.4, 0.5) is 4.39 Å². The molecule has 0 amide bonds. The lowest BCUT2D eigenvalue weighted by atomic mass is 10.1. The van der Waals surface area contributed by atoms with Crippen LogP contribution in [-0.2, 0) is 6.42 Å². The van der Waals surface area contributed by atoms with E-state index in [9.17, 15) is 4.39 Å².